The van der Waals surface area contributed by atoms with Crippen molar-refractivity contribution in [2.24, 2.45) is 0 Å². The second-order valence-corrected chi connectivity index (χ2v) is 5.14. The highest BCUT2D eigenvalue weighted by molar-refractivity contribution is 7.09. The van der Waals surface area contributed by atoms with Crippen molar-refractivity contribution in [3.05, 3.63) is 28.7 Å². The number of hydrogen-bond acceptors (Lipinski definition) is 5. The number of carbonyl (C=O) groups is 1. The van der Waals surface area contributed by atoms with Gasteiger partial charge in [0.1, 0.15) is 16.7 Å². The molecule has 0 fully saturated rings. The molecular formula is C11H15NO3S. The molecule has 1 N–H and O–H groups in total. The molecule has 16 heavy (non-hydrogen) atoms. The van der Waals surface area contributed by atoms with Crippen molar-refractivity contribution >= 4 is 17.3 Å². The number of aromatic nitrogens is 1. The zero-order valence-electron chi connectivity index (χ0n) is 9.56. The fourth-order valence-corrected chi connectivity index (χ4v) is 1.72. The largest absolute Gasteiger partial charge is 0.455 e. The fourth-order valence-electron chi connectivity index (χ4n) is 0.948. The van der Waals surface area contributed by atoms with Gasteiger partial charge in [0, 0.05) is 5.38 Å². The number of rotatable bonds is 3. The monoisotopic (exact) mass is 241 g/mol. The molecule has 0 radical (unpaired) electrons. The maximum absolute atomic E-state index is 11.6. The number of nitrogens with zero attached hydrogens (tertiary/aromatic N) is 1. The molecule has 0 unspecified atom stereocenters. The van der Waals surface area contributed by atoms with Gasteiger partial charge in [-0.25, -0.2) is 9.78 Å². The van der Waals surface area contributed by atoms with Crippen LogP contribution in [0, 0.1) is 0 Å². The zero-order chi connectivity index (χ0) is 12.3. The fraction of sp³-hybridized carbons (Fsp3) is 0.455. The van der Waals surface area contributed by atoms with Crippen molar-refractivity contribution in [2.45, 2.75) is 32.5 Å². The Hall–Kier alpha value is -1.20. The topological polar surface area (TPSA) is 59.4 Å². The van der Waals surface area contributed by atoms with Gasteiger partial charge in [0.25, 0.3) is 0 Å². The van der Waals surface area contributed by atoms with Crippen LogP contribution in [-0.2, 0) is 4.74 Å². The quantitative estimate of drug-likeness (QED) is 0.651. The van der Waals surface area contributed by atoms with E-state index in [0.29, 0.717) is 5.01 Å². The number of esters is 1. The highest BCUT2D eigenvalue weighted by Gasteiger charge is 2.21. The zero-order valence-corrected chi connectivity index (χ0v) is 10.4. The average molecular weight is 241 g/mol. The summed E-state index contributed by atoms with van der Waals surface area (Å²) in [7, 11) is 0. The molecule has 0 amide bonds. The van der Waals surface area contributed by atoms with Crippen LogP contribution in [-0.4, -0.2) is 21.7 Å². The van der Waals surface area contributed by atoms with Gasteiger partial charge in [0.05, 0.1) is 0 Å². The molecule has 0 bridgehead atoms. The van der Waals surface area contributed by atoms with E-state index >= 15 is 0 Å². The Bertz CT molecular complexity index is 392. The van der Waals surface area contributed by atoms with Gasteiger partial charge >= 0.3 is 5.97 Å². The lowest BCUT2D eigenvalue weighted by Gasteiger charge is -2.18. The molecule has 1 rings (SSSR count). The number of aliphatic hydroxyl groups excluding tert-OH is 1. The van der Waals surface area contributed by atoms with E-state index < -0.39 is 17.7 Å². The molecule has 5 heteroatoms. The standard InChI is InChI=1S/C11H15NO3S/c1-5-8(13)9-12-7(6-16-9)10(14)15-11(2,3)4/h5-6,8,13H,1H2,2-4H3/t8-/m0/s1. The number of hydrogen-bond donors (Lipinski definition) is 1. The van der Waals surface area contributed by atoms with Gasteiger partial charge in [-0.05, 0) is 20.8 Å². The molecule has 0 aromatic carbocycles. The molecule has 88 valence electrons. The second-order valence-electron chi connectivity index (χ2n) is 4.25. The lowest BCUT2D eigenvalue weighted by atomic mass is 10.2. The maximum Gasteiger partial charge on any atom is 0.358 e. The SMILES string of the molecule is C=C[C@H](O)c1nc(C(=O)OC(C)(C)C)cs1. The Morgan fingerprint density at radius 1 is 1.69 bits per heavy atom. The van der Waals surface area contributed by atoms with Crippen LogP contribution < -0.4 is 0 Å². The van der Waals surface area contributed by atoms with E-state index in [0.717, 1.165) is 0 Å². The summed E-state index contributed by atoms with van der Waals surface area (Å²) in [5.41, 5.74) is -0.325. The predicted octanol–water partition coefficient (Wildman–Crippen LogP) is 2.32. The summed E-state index contributed by atoms with van der Waals surface area (Å²) in [4.78, 5) is 15.6. The van der Waals surface area contributed by atoms with E-state index in [9.17, 15) is 9.90 Å². The molecule has 0 saturated heterocycles. The van der Waals surface area contributed by atoms with Crippen molar-refractivity contribution in [1.82, 2.24) is 4.98 Å². The van der Waals surface area contributed by atoms with E-state index in [1.165, 1.54) is 17.4 Å². The number of ether oxygens (including phenoxy) is 1. The summed E-state index contributed by atoms with van der Waals surface area (Å²) in [6, 6.07) is 0. The lowest BCUT2D eigenvalue weighted by Crippen LogP contribution is -2.24. The van der Waals surface area contributed by atoms with Crippen LogP contribution in [0.25, 0.3) is 0 Å². The Morgan fingerprint density at radius 2 is 2.31 bits per heavy atom. The number of thiazole rings is 1. The molecule has 1 aromatic heterocycles. The van der Waals surface area contributed by atoms with E-state index in [2.05, 4.69) is 11.6 Å². The molecule has 1 aromatic rings. The first kappa shape index (κ1) is 12.9. The average Bonchev–Trinajstić information content (AvgIpc) is 2.62. The van der Waals surface area contributed by atoms with Crippen molar-refractivity contribution in [2.75, 3.05) is 0 Å². The Labute approximate surface area is 98.6 Å². The molecule has 0 spiro atoms. The summed E-state index contributed by atoms with van der Waals surface area (Å²) in [6.45, 7) is 8.82. The van der Waals surface area contributed by atoms with E-state index in [1.807, 2.05) is 0 Å². The van der Waals surface area contributed by atoms with Crippen LogP contribution in [0.1, 0.15) is 42.4 Å². The van der Waals surface area contributed by atoms with Crippen molar-refractivity contribution < 1.29 is 14.6 Å². The third kappa shape index (κ3) is 3.43. The van der Waals surface area contributed by atoms with Crippen LogP contribution in [0.5, 0.6) is 0 Å². The van der Waals surface area contributed by atoms with Crippen LogP contribution in [0.15, 0.2) is 18.0 Å². The molecule has 0 aliphatic rings. The molecule has 1 heterocycles. The van der Waals surface area contributed by atoms with Gasteiger partial charge in [-0.3, -0.25) is 0 Å². The third-order valence-electron chi connectivity index (χ3n) is 1.61. The first-order valence-electron chi connectivity index (χ1n) is 4.83. The first-order valence-corrected chi connectivity index (χ1v) is 5.71. The molecule has 4 nitrogen and oxygen atoms in total. The molecule has 0 saturated carbocycles. The normalized spacial score (nSPS) is 13.2. The Balaban J connectivity index is 2.78. The summed E-state index contributed by atoms with van der Waals surface area (Å²) in [6.07, 6.45) is 0.527. The summed E-state index contributed by atoms with van der Waals surface area (Å²) in [5.74, 6) is -0.480. The van der Waals surface area contributed by atoms with Gasteiger partial charge in [-0.1, -0.05) is 6.08 Å². The summed E-state index contributed by atoms with van der Waals surface area (Å²) in [5, 5.41) is 11.4. The summed E-state index contributed by atoms with van der Waals surface area (Å²) < 4.78 is 5.15. The van der Waals surface area contributed by atoms with Gasteiger partial charge < -0.3 is 9.84 Å². The Morgan fingerprint density at radius 3 is 2.81 bits per heavy atom. The molecule has 0 aliphatic carbocycles. The van der Waals surface area contributed by atoms with Crippen LogP contribution >= 0.6 is 11.3 Å². The van der Waals surface area contributed by atoms with Crippen molar-refractivity contribution in [3.8, 4) is 0 Å². The third-order valence-corrected chi connectivity index (χ3v) is 2.52. The predicted molar refractivity (Wildman–Crippen MR) is 62.4 cm³/mol. The van der Waals surface area contributed by atoms with E-state index in [-0.39, 0.29) is 5.69 Å². The minimum atomic E-state index is -0.832. The van der Waals surface area contributed by atoms with Gasteiger partial charge in [0.2, 0.25) is 0 Å². The van der Waals surface area contributed by atoms with Gasteiger partial charge in [-0.2, -0.15) is 0 Å². The van der Waals surface area contributed by atoms with Gasteiger partial charge in [-0.15, -0.1) is 17.9 Å². The minimum absolute atomic E-state index is 0.218. The Kier molecular flexibility index (Phi) is 3.83. The smallest absolute Gasteiger partial charge is 0.358 e. The highest BCUT2D eigenvalue weighted by atomic mass is 32.1. The lowest BCUT2D eigenvalue weighted by molar-refractivity contribution is 0.00633. The molecular weight excluding hydrogens is 226 g/mol. The summed E-state index contributed by atoms with van der Waals surface area (Å²) >= 11 is 1.20. The number of aliphatic hydroxyl groups is 1. The maximum atomic E-state index is 11.6. The van der Waals surface area contributed by atoms with Crippen molar-refractivity contribution in [3.63, 3.8) is 0 Å². The second kappa shape index (κ2) is 4.76. The number of carbonyl (C=O) groups excluding carboxylic acids is 1. The molecule has 1 atom stereocenters. The minimum Gasteiger partial charge on any atom is -0.455 e. The highest BCUT2D eigenvalue weighted by Crippen LogP contribution is 2.20. The van der Waals surface area contributed by atoms with E-state index in [1.54, 1.807) is 26.2 Å². The van der Waals surface area contributed by atoms with Gasteiger partial charge in [0.15, 0.2) is 5.69 Å². The molecule has 0 aliphatic heterocycles. The van der Waals surface area contributed by atoms with Crippen LogP contribution in [0.3, 0.4) is 0 Å². The van der Waals surface area contributed by atoms with Crippen LogP contribution in [0.4, 0.5) is 0 Å². The first-order chi connectivity index (χ1) is 7.33. The van der Waals surface area contributed by atoms with Crippen LogP contribution in [0.2, 0.25) is 0 Å². The van der Waals surface area contributed by atoms with E-state index in [4.69, 9.17) is 4.74 Å². The van der Waals surface area contributed by atoms with Crippen molar-refractivity contribution in [1.29, 1.82) is 0 Å².